The highest BCUT2D eigenvalue weighted by Gasteiger charge is 2.05. The van der Waals surface area contributed by atoms with Crippen LogP contribution in [0.1, 0.15) is 23.7 Å². The minimum Gasteiger partial charge on any atom is -0.463 e. The Balaban J connectivity index is 2.47. The molecule has 0 bridgehead atoms. The molecular weight excluding hydrogens is 312 g/mol. The van der Waals surface area contributed by atoms with Crippen LogP contribution in [0.25, 0.3) is 0 Å². The summed E-state index contributed by atoms with van der Waals surface area (Å²) in [6.07, 6.45) is 2.89. The highest BCUT2D eigenvalue weighted by molar-refractivity contribution is 6.03. The Labute approximate surface area is 141 Å². The largest absolute Gasteiger partial charge is 0.463 e. The summed E-state index contributed by atoms with van der Waals surface area (Å²) in [5.74, 6) is -1.22. The lowest BCUT2D eigenvalue weighted by Gasteiger charge is -2.06. The van der Waals surface area contributed by atoms with Crippen molar-refractivity contribution < 1.29 is 23.9 Å². The third-order valence-electron chi connectivity index (χ3n) is 2.88. The lowest BCUT2D eigenvalue weighted by molar-refractivity contribution is -0.137. The molecule has 0 aliphatic carbocycles. The second kappa shape index (κ2) is 11.0. The molecule has 0 saturated heterocycles. The molecule has 0 spiro atoms. The number of carbonyl (C=O) groups excluding carboxylic acids is 3. The molecule has 0 atom stereocenters. The van der Waals surface area contributed by atoms with Gasteiger partial charge in [-0.3, -0.25) is 9.59 Å². The van der Waals surface area contributed by atoms with Crippen LogP contribution in [0.4, 0.5) is 5.69 Å². The molecule has 0 saturated carbocycles. The predicted molar refractivity (Wildman–Crippen MR) is 89.7 cm³/mol. The van der Waals surface area contributed by atoms with Crippen LogP contribution in [0.3, 0.4) is 0 Å². The van der Waals surface area contributed by atoms with Gasteiger partial charge in [-0.1, -0.05) is 0 Å². The van der Waals surface area contributed by atoms with Crippen LogP contribution in [0.15, 0.2) is 36.4 Å². The van der Waals surface area contributed by atoms with Gasteiger partial charge in [-0.25, -0.2) is 4.79 Å². The summed E-state index contributed by atoms with van der Waals surface area (Å²) < 4.78 is 9.58. The van der Waals surface area contributed by atoms with Gasteiger partial charge in [0.15, 0.2) is 0 Å². The molecule has 1 rings (SSSR count). The quantitative estimate of drug-likeness (QED) is 0.406. The van der Waals surface area contributed by atoms with Crippen LogP contribution in [-0.2, 0) is 19.1 Å². The zero-order chi connectivity index (χ0) is 17.8. The molecule has 0 unspecified atom stereocenters. The Bertz CT molecular complexity index is 581. The number of rotatable bonds is 9. The number of hydrogen-bond donors (Lipinski definition) is 2. The van der Waals surface area contributed by atoms with Crippen molar-refractivity contribution in [3.05, 3.63) is 42.0 Å². The van der Waals surface area contributed by atoms with Crippen LogP contribution in [0, 0.1) is 0 Å². The predicted octanol–water partition coefficient (Wildman–Crippen LogP) is 1.51. The molecule has 2 N–H and O–H groups in total. The molecule has 0 fully saturated rings. The zero-order valence-electron chi connectivity index (χ0n) is 13.8. The van der Waals surface area contributed by atoms with Crippen LogP contribution in [-0.4, -0.2) is 44.7 Å². The SMILES string of the molecule is CCOC(=O)/C=C/C(=O)Nc1ccc(C(=O)NCCCOC)cc1. The van der Waals surface area contributed by atoms with Crippen molar-refractivity contribution in [2.24, 2.45) is 0 Å². The van der Waals surface area contributed by atoms with Gasteiger partial charge >= 0.3 is 5.97 Å². The molecule has 0 aromatic heterocycles. The molecule has 130 valence electrons. The van der Waals surface area contributed by atoms with Crippen LogP contribution < -0.4 is 10.6 Å². The van der Waals surface area contributed by atoms with E-state index in [4.69, 9.17) is 4.74 Å². The molecule has 1 aromatic rings. The molecule has 1 aromatic carbocycles. The summed E-state index contributed by atoms with van der Waals surface area (Å²) in [6, 6.07) is 6.44. The average molecular weight is 334 g/mol. The van der Waals surface area contributed by atoms with Crippen molar-refractivity contribution in [2.45, 2.75) is 13.3 Å². The Morgan fingerprint density at radius 2 is 1.83 bits per heavy atom. The Kier molecular flexibility index (Phi) is 8.85. The number of esters is 1. The van der Waals surface area contributed by atoms with Crippen molar-refractivity contribution in [1.29, 1.82) is 0 Å². The van der Waals surface area contributed by atoms with E-state index in [0.717, 1.165) is 18.6 Å². The van der Waals surface area contributed by atoms with Crippen molar-refractivity contribution in [2.75, 3.05) is 32.2 Å². The minimum absolute atomic E-state index is 0.189. The summed E-state index contributed by atoms with van der Waals surface area (Å²) >= 11 is 0. The van der Waals surface area contributed by atoms with E-state index in [1.165, 1.54) is 0 Å². The summed E-state index contributed by atoms with van der Waals surface area (Å²) in [4.78, 5) is 34.6. The van der Waals surface area contributed by atoms with Crippen LogP contribution >= 0.6 is 0 Å². The van der Waals surface area contributed by atoms with Gasteiger partial charge in [-0.15, -0.1) is 0 Å². The third-order valence-corrected chi connectivity index (χ3v) is 2.88. The van der Waals surface area contributed by atoms with Gasteiger partial charge in [0, 0.05) is 43.7 Å². The first kappa shape index (κ1) is 19.4. The number of methoxy groups -OCH3 is 1. The van der Waals surface area contributed by atoms with E-state index in [1.54, 1.807) is 38.3 Å². The second-order valence-electron chi connectivity index (χ2n) is 4.75. The fourth-order valence-electron chi connectivity index (χ4n) is 1.74. The van der Waals surface area contributed by atoms with E-state index in [9.17, 15) is 14.4 Å². The third kappa shape index (κ3) is 7.55. The topological polar surface area (TPSA) is 93.7 Å². The zero-order valence-corrected chi connectivity index (χ0v) is 13.8. The Morgan fingerprint density at radius 3 is 2.46 bits per heavy atom. The minimum atomic E-state index is -0.576. The van der Waals surface area contributed by atoms with E-state index < -0.39 is 11.9 Å². The number of amides is 2. The van der Waals surface area contributed by atoms with Crippen molar-refractivity contribution in [3.8, 4) is 0 Å². The molecule has 0 aliphatic heterocycles. The first-order valence-corrected chi connectivity index (χ1v) is 7.59. The summed E-state index contributed by atoms with van der Waals surface area (Å²) in [5.41, 5.74) is 1.01. The number of hydrogen-bond acceptors (Lipinski definition) is 5. The number of ether oxygens (including phenoxy) is 2. The molecule has 2 amide bonds. The van der Waals surface area contributed by atoms with E-state index in [1.807, 2.05) is 0 Å². The Morgan fingerprint density at radius 1 is 1.12 bits per heavy atom. The van der Waals surface area contributed by atoms with Gasteiger partial charge in [-0.05, 0) is 37.6 Å². The number of carbonyl (C=O) groups is 3. The molecule has 24 heavy (non-hydrogen) atoms. The highest BCUT2D eigenvalue weighted by Crippen LogP contribution is 2.09. The van der Waals surface area contributed by atoms with Crippen molar-refractivity contribution in [1.82, 2.24) is 5.32 Å². The lowest BCUT2D eigenvalue weighted by atomic mass is 10.2. The first-order valence-electron chi connectivity index (χ1n) is 7.59. The van der Waals surface area contributed by atoms with E-state index in [2.05, 4.69) is 15.4 Å². The molecule has 0 aliphatic rings. The fourth-order valence-corrected chi connectivity index (χ4v) is 1.74. The van der Waals surface area contributed by atoms with Gasteiger partial charge in [0.1, 0.15) is 0 Å². The van der Waals surface area contributed by atoms with Crippen molar-refractivity contribution in [3.63, 3.8) is 0 Å². The van der Waals surface area contributed by atoms with E-state index >= 15 is 0 Å². The maximum absolute atomic E-state index is 11.9. The molecule has 7 heteroatoms. The van der Waals surface area contributed by atoms with Crippen molar-refractivity contribution >= 4 is 23.5 Å². The van der Waals surface area contributed by atoms with Gasteiger partial charge in [-0.2, -0.15) is 0 Å². The lowest BCUT2D eigenvalue weighted by Crippen LogP contribution is -2.25. The fraction of sp³-hybridized carbons (Fsp3) is 0.353. The maximum atomic E-state index is 11.9. The van der Waals surface area contributed by atoms with Crippen LogP contribution in [0.2, 0.25) is 0 Å². The second-order valence-corrected chi connectivity index (χ2v) is 4.75. The van der Waals surface area contributed by atoms with E-state index in [-0.39, 0.29) is 12.5 Å². The maximum Gasteiger partial charge on any atom is 0.330 e. The highest BCUT2D eigenvalue weighted by atomic mass is 16.5. The van der Waals surface area contributed by atoms with E-state index in [0.29, 0.717) is 24.4 Å². The molecule has 0 radical (unpaired) electrons. The smallest absolute Gasteiger partial charge is 0.330 e. The van der Waals surface area contributed by atoms with Gasteiger partial charge in [0.05, 0.1) is 6.61 Å². The van der Waals surface area contributed by atoms with Crippen LogP contribution in [0.5, 0.6) is 0 Å². The number of nitrogens with one attached hydrogen (secondary N) is 2. The number of benzene rings is 1. The summed E-state index contributed by atoms with van der Waals surface area (Å²) in [5, 5.41) is 5.35. The summed E-state index contributed by atoms with van der Waals surface area (Å²) in [6.45, 7) is 3.05. The normalized spacial score (nSPS) is 10.4. The molecule has 0 heterocycles. The van der Waals surface area contributed by atoms with Gasteiger partial charge < -0.3 is 20.1 Å². The standard InChI is InChI=1S/C17H22N2O5/c1-3-24-16(21)10-9-15(20)19-14-7-5-13(6-8-14)17(22)18-11-4-12-23-2/h5-10H,3-4,11-12H2,1-2H3,(H,18,22)(H,19,20)/b10-9+. The summed E-state index contributed by atoms with van der Waals surface area (Å²) in [7, 11) is 1.61. The Hall–Kier alpha value is -2.67. The number of anilines is 1. The monoisotopic (exact) mass is 334 g/mol. The molecule has 7 nitrogen and oxygen atoms in total. The average Bonchev–Trinajstić information content (AvgIpc) is 2.58. The molecular formula is C17H22N2O5. The first-order chi connectivity index (χ1) is 11.6. The van der Waals surface area contributed by atoms with Gasteiger partial charge in [0.25, 0.3) is 5.91 Å². The van der Waals surface area contributed by atoms with Gasteiger partial charge in [0.2, 0.25) is 5.91 Å².